The number of hydrogen-bond donors (Lipinski definition) is 1. The van der Waals surface area contributed by atoms with Crippen LogP contribution >= 0.6 is 0 Å². The normalized spacial score (nSPS) is 10.9. The molecular formula is C16H22N2O. The van der Waals surface area contributed by atoms with Crippen molar-refractivity contribution in [1.29, 1.82) is 0 Å². The Balaban J connectivity index is 2.57. The van der Waals surface area contributed by atoms with Crippen LogP contribution in [0.15, 0.2) is 24.3 Å². The second kappa shape index (κ2) is 5.91. The largest absolute Gasteiger partial charge is 0.492 e. The number of aromatic hydroxyl groups is 1. The first-order valence-electron chi connectivity index (χ1n) is 7.03. The molecule has 0 radical (unpaired) electrons. The van der Waals surface area contributed by atoms with Crippen LogP contribution in [-0.2, 0) is 13.0 Å². The lowest BCUT2D eigenvalue weighted by Gasteiger charge is -2.09. The molecule has 1 aromatic heterocycles. The van der Waals surface area contributed by atoms with Crippen LogP contribution in [0.5, 0.6) is 5.88 Å². The van der Waals surface area contributed by atoms with Crippen molar-refractivity contribution in [1.82, 2.24) is 9.78 Å². The van der Waals surface area contributed by atoms with Gasteiger partial charge >= 0.3 is 0 Å². The Morgan fingerprint density at radius 2 is 2.00 bits per heavy atom. The van der Waals surface area contributed by atoms with E-state index in [2.05, 4.69) is 50.1 Å². The molecule has 1 N–H and O–H groups in total. The molecule has 0 saturated heterocycles. The Morgan fingerprint density at radius 3 is 2.63 bits per heavy atom. The molecule has 0 atom stereocenters. The molecule has 0 saturated carbocycles. The number of aryl methyl sites for hydroxylation is 2. The van der Waals surface area contributed by atoms with E-state index in [-0.39, 0.29) is 5.88 Å². The number of aromatic nitrogens is 2. The molecule has 19 heavy (non-hydrogen) atoms. The summed E-state index contributed by atoms with van der Waals surface area (Å²) >= 11 is 0. The molecule has 0 spiro atoms. The summed E-state index contributed by atoms with van der Waals surface area (Å²) in [5.41, 5.74) is 4.42. The average molecular weight is 258 g/mol. The maximum atomic E-state index is 10.1. The molecule has 0 amide bonds. The van der Waals surface area contributed by atoms with Gasteiger partial charge in [-0.3, -0.25) is 4.68 Å². The van der Waals surface area contributed by atoms with E-state index in [4.69, 9.17) is 0 Å². The Morgan fingerprint density at radius 1 is 1.21 bits per heavy atom. The smallest absolute Gasteiger partial charge is 0.234 e. The van der Waals surface area contributed by atoms with E-state index in [9.17, 15) is 5.11 Å². The van der Waals surface area contributed by atoms with Gasteiger partial charge in [0.05, 0.1) is 5.69 Å². The number of rotatable bonds is 5. The van der Waals surface area contributed by atoms with Crippen molar-refractivity contribution in [3.8, 4) is 17.1 Å². The third kappa shape index (κ3) is 2.80. The molecule has 3 nitrogen and oxygen atoms in total. The summed E-state index contributed by atoms with van der Waals surface area (Å²) in [6.45, 7) is 7.17. The minimum Gasteiger partial charge on any atom is -0.492 e. The third-order valence-corrected chi connectivity index (χ3v) is 3.26. The van der Waals surface area contributed by atoms with Gasteiger partial charge in [0.25, 0.3) is 0 Å². The lowest BCUT2D eigenvalue weighted by Crippen LogP contribution is -2.02. The number of hydrogen-bond acceptors (Lipinski definition) is 2. The Bertz CT molecular complexity index is 558. The van der Waals surface area contributed by atoms with Crippen LogP contribution in [0.3, 0.4) is 0 Å². The third-order valence-electron chi connectivity index (χ3n) is 3.26. The summed E-state index contributed by atoms with van der Waals surface area (Å²) in [6, 6.07) is 8.39. The molecular weight excluding hydrogens is 236 g/mol. The van der Waals surface area contributed by atoms with Crippen molar-refractivity contribution in [3.63, 3.8) is 0 Å². The van der Waals surface area contributed by atoms with Crippen LogP contribution in [0.25, 0.3) is 11.3 Å². The van der Waals surface area contributed by atoms with Crippen LogP contribution in [-0.4, -0.2) is 14.9 Å². The van der Waals surface area contributed by atoms with Crippen LogP contribution in [0.2, 0.25) is 0 Å². The Labute approximate surface area is 114 Å². The fraction of sp³-hybridized carbons (Fsp3) is 0.438. The van der Waals surface area contributed by atoms with Crippen molar-refractivity contribution in [2.75, 3.05) is 0 Å². The Kier molecular flexibility index (Phi) is 4.25. The van der Waals surface area contributed by atoms with Gasteiger partial charge in [0.2, 0.25) is 5.88 Å². The first-order chi connectivity index (χ1) is 9.17. The number of nitrogens with zero attached hydrogens (tertiary/aromatic N) is 2. The monoisotopic (exact) mass is 258 g/mol. The zero-order valence-electron chi connectivity index (χ0n) is 12.0. The van der Waals surface area contributed by atoms with Gasteiger partial charge in [-0.05, 0) is 25.8 Å². The van der Waals surface area contributed by atoms with E-state index in [0.717, 1.165) is 42.6 Å². The highest BCUT2D eigenvalue weighted by molar-refractivity contribution is 5.66. The van der Waals surface area contributed by atoms with Crippen molar-refractivity contribution >= 4 is 0 Å². The predicted octanol–water partition coefficient (Wildman–Crippen LogP) is 3.93. The number of benzene rings is 1. The van der Waals surface area contributed by atoms with E-state index in [0.29, 0.717) is 0 Å². The minimum atomic E-state index is 0.187. The molecule has 0 unspecified atom stereocenters. The van der Waals surface area contributed by atoms with E-state index in [1.165, 1.54) is 5.56 Å². The molecule has 0 bridgehead atoms. The summed E-state index contributed by atoms with van der Waals surface area (Å²) in [4.78, 5) is 0. The highest BCUT2D eigenvalue weighted by Crippen LogP contribution is 2.31. The molecule has 0 fully saturated rings. The summed E-state index contributed by atoms with van der Waals surface area (Å²) in [5, 5.41) is 14.4. The molecule has 2 rings (SSSR count). The molecule has 0 aliphatic rings. The SMILES string of the molecule is CCCc1c(O)nn(CCC)c1-c1cccc(C)c1. The van der Waals surface area contributed by atoms with E-state index >= 15 is 0 Å². The first kappa shape index (κ1) is 13.7. The summed E-state index contributed by atoms with van der Waals surface area (Å²) in [6.07, 6.45) is 2.87. The van der Waals surface area contributed by atoms with Gasteiger partial charge in [0.1, 0.15) is 0 Å². The van der Waals surface area contributed by atoms with Gasteiger partial charge in [-0.1, -0.05) is 44.0 Å². The molecule has 3 heteroatoms. The molecule has 1 aromatic carbocycles. The van der Waals surface area contributed by atoms with Crippen molar-refractivity contribution < 1.29 is 5.11 Å². The summed E-state index contributed by atoms with van der Waals surface area (Å²) in [5.74, 6) is 0.187. The summed E-state index contributed by atoms with van der Waals surface area (Å²) < 4.78 is 1.94. The predicted molar refractivity (Wildman–Crippen MR) is 78.4 cm³/mol. The topological polar surface area (TPSA) is 38.1 Å². The minimum absolute atomic E-state index is 0.187. The molecule has 0 aliphatic carbocycles. The van der Waals surface area contributed by atoms with Gasteiger partial charge < -0.3 is 5.11 Å². The van der Waals surface area contributed by atoms with Crippen molar-refractivity contribution in [2.24, 2.45) is 0 Å². The fourth-order valence-electron chi connectivity index (χ4n) is 2.46. The maximum Gasteiger partial charge on any atom is 0.234 e. The van der Waals surface area contributed by atoms with Crippen LogP contribution in [0, 0.1) is 6.92 Å². The van der Waals surface area contributed by atoms with Crippen LogP contribution in [0.1, 0.15) is 37.8 Å². The molecule has 0 aliphatic heterocycles. The van der Waals surface area contributed by atoms with Gasteiger partial charge in [0.15, 0.2) is 0 Å². The Hall–Kier alpha value is -1.77. The van der Waals surface area contributed by atoms with Gasteiger partial charge in [-0.2, -0.15) is 0 Å². The van der Waals surface area contributed by atoms with E-state index in [1.807, 2.05) is 4.68 Å². The lowest BCUT2D eigenvalue weighted by molar-refractivity contribution is 0.432. The maximum absolute atomic E-state index is 10.1. The van der Waals surface area contributed by atoms with E-state index in [1.54, 1.807) is 0 Å². The molecule has 102 valence electrons. The summed E-state index contributed by atoms with van der Waals surface area (Å²) in [7, 11) is 0. The van der Waals surface area contributed by atoms with Gasteiger partial charge in [-0.25, -0.2) is 0 Å². The van der Waals surface area contributed by atoms with E-state index < -0.39 is 0 Å². The first-order valence-corrected chi connectivity index (χ1v) is 7.03. The highest BCUT2D eigenvalue weighted by atomic mass is 16.3. The fourth-order valence-corrected chi connectivity index (χ4v) is 2.46. The zero-order valence-corrected chi connectivity index (χ0v) is 12.0. The highest BCUT2D eigenvalue weighted by Gasteiger charge is 2.17. The van der Waals surface area contributed by atoms with Gasteiger partial charge in [0, 0.05) is 17.7 Å². The lowest BCUT2D eigenvalue weighted by atomic mass is 10.0. The second-order valence-corrected chi connectivity index (χ2v) is 4.99. The quantitative estimate of drug-likeness (QED) is 0.882. The van der Waals surface area contributed by atoms with Crippen molar-refractivity contribution in [3.05, 3.63) is 35.4 Å². The average Bonchev–Trinajstić information content (AvgIpc) is 2.67. The van der Waals surface area contributed by atoms with Crippen molar-refractivity contribution in [2.45, 2.75) is 46.6 Å². The molecule has 2 aromatic rings. The van der Waals surface area contributed by atoms with Gasteiger partial charge in [-0.15, -0.1) is 5.10 Å². The van der Waals surface area contributed by atoms with Crippen LogP contribution in [0.4, 0.5) is 0 Å². The van der Waals surface area contributed by atoms with Crippen LogP contribution < -0.4 is 0 Å². The zero-order chi connectivity index (χ0) is 13.8. The second-order valence-electron chi connectivity index (χ2n) is 4.99. The molecule has 1 heterocycles. The standard InChI is InChI=1S/C16H22N2O/c1-4-7-14-15(13-9-6-8-12(3)11-13)18(10-5-2)17-16(14)19/h6,8-9,11H,4-5,7,10H2,1-3H3,(H,17,19).